The molecule has 1 aromatic carbocycles. The van der Waals surface area contributed by atoms with Crippen LogP contribution in [0.4, 0.5) is 0 Å². The highest BCUT2D eigenvalue weighted by Crippen LogP contribution is 2.29. The minimum atomic E-state index is -0.218. The van der Waals surface area contributed by atoms with Gasteiger partial charge in [0.15, 0.2) is 5.65 Å². The van der Waals surface area contributed by atoms with Crippen LogP contribution >= 0.6 is 23.2 Å². The molecule has 2 aromatic heterocycles. The number of nitrogens with zero attached hydrogens (tertiary/aromatic N) is 5. The Morgan fingerprint density at radius 3 is 2.45 bits per heavy atom. The summed E-state index contributed by atoms with van der Waals surface area (Å²) < 4.78 is 1.46. The molecule has 0 aliphatic rings. The first-order valence-corrected chi connectivity index (χ1v) is 7.10. The van der Waals surface area contributed by atoms with Crippen LogP contribution in [0.15, 0.2) is 30.6 Å². The number of benzene rings is 1. The molecule has 0 spiro atoms. The quantitative estimate of drug-likeness (QED) is 0.722. The van der Waals surface area contributed by atoms with E-state index in [-0.39, 0.29) is 11.6 Å². The first-order chi connectivity index (χ1) is 10.5. The summed E-state index contributed by atoms with van der Waals surface area (Å²) in [6.45, 7) is 0. The predicted molar refractivity (Wildman–Crippen MR) is 84.3 cm³/mol. The molecule has 1 amide bonds. The van der Waals surface area contributed by atoms with E-state index in [0.29, 0.717) is 21.3 Å². The Balaban J connectivity index is 2.27. The highest BCUT2D eigenvalue weighted by atomic mass is 35.5. The lowest BCUT2D eigenvalue weighted by atomic mass is 10.1. The predicted octanol–water partition coefficient (Wildman–Crippen LogP) is 2.80. The summed E-state index contributed by atoms with van der Waals surface area (Å²) in [6.07, 6.45) is 1.44. The van der Waals surface area contributed by atoms with Crippen LogP contribution in [0.5, 0.6) is 0 Å². The molecular formula is C14H11Cl2N5O. The van der Waals surface area contributed by atoms with Gasteiger partial charge in [-0.15, -0.1) is 10.2 Å². The van der Waals surface area contributed by atoms with Crippen molar-refractivity contribution in [1.82, 2.24) is 24.7 Å². The molecule has 0 aliphatic carbocycles. The molecule has 0 N–H and O–H groups in total. The first-order valence-electron chi connectivity index (χ1n) is 6.35. The van der Waals surface area contributed by atoms with Gasteiger partial charge >= 0.3 is 0 Å². The first kappa shape index (κ1) is 14.7. The van der Waals surface area contributed by atoms with Crippen molar-refractivity contribution in [2.45, 2.75) is 0 Å². The van der Waals surface area contributed by atoms with Crippen LogP contribution in [-0.2, 0) is 0 Å². The normalized spacial score (nSPS) is 10.9. The summed E-state index contributed by atoms with van der Waals surface area (Å²) >= 11 is 12.1. The zero-order chi connectivity index (χ0) is 15.9. The average Bonchev–Trinajstić information content (AvgIpc) is 2.92. The fourth-order valence-electron chi connectivity index (χ4n) is 2.08. The number of fused-ring (bicyclic) bond motifs is 1. The van der Waals surface area contributed by atoms with Gasteiger partial charge in [-0.2, -0.15) is 9.61 Å². The van der Waals surface area contributed by atoms with E-state index in [1.807, 2.05) is 0 Å². The van der Waals surface area contributed by atoms with Crippen molar-refractivity contribution in [3.8, 4) is 11.1 Å². The van der Waals surface area contributed by atoms with E-state index in [1.54, 1.807) is 38.4 Å². The Morgan fingerprint density at radius 2 is 1.82 bits per heavy atom. The van der Waals surface area contributed by atoms with E-state index < -0.39 is 0 Å². The number of carbonyl (C=O) groups excluding carboxylic acids is 1. The molecule has 6 nitrogen and oxygen atoms in total. The second kappa shape index (κ2) is 5.55. The van der Waals surface area contributed by atoms with Crippen LogP contribution in [0.25, 0.3) is 16.8 Å². The van der Waals surface area contributed by atoms with Gasteiger partial charge in [-0.25, -0.2) is 0 Å². The van der Waals surface area contributed by atoms with Gasteiger partial charge in [-0.1, -0.05) is 23.2 Å². The van der Waals surface area contributed by atoms with Gasteiger partial charge < -0.3 is 4.90 Å². The minimum Gasteiger partial charge on any atom is -0.343 e. The van der Waals surface area contributed by atoms with Gasteiger partial charge in [0.25, 0.3) is 5.91 Å². The van der Waals surface area contributed by atoms with Crippen LogP contribution in [-0.4, -0.2) is 44.7 Å². The maximum Gasteiger partial charge on any atom is 0.273 e. The summed E-state index contributed by atoms with van der Waals surface area (Å²) in [5, 5.41) is 13.1. The zero-order valence-corrected chi connectivity index (χ0v) is 13.3. The number of rotatable bonds is 2. The number of hydrogen-bond acceptors (Lipinski definition) is 4. The van der Waals surface area contributed by atoms with E-state index in [1.165, 1.54) is 15.7 Å². The number of aromatic nitrogens is 4. The lowest BCUT2D eigenvalue weighted by Gasteiger charge is -2.11. The number of amides is 1. The SMILES string of the molecule is CN(C)C(=O)c1cc(-c2cc(Cl)cc(Cl)c2)c2nncn2n1. The van der Waals surface area contributed by atoms with Crippen LogP contribution in [0.3, 0.4) is 0 Å². The van der Waals surface area contributed by atoms with Crippen molar-refractivity contribution in [1.29, 1.82) is 0 Å². The molecule has 0 unspecified atom stereocenters. The molecule has 22 heavy (non-hydrogen) atoms. The molecule has 3 aromatic rings. The van der Waals surface area contributed by atoms with Crippen LogP contribution in [0, 0.1) is 0 Å². The number of carbonyl (C=O) groups is 1. The second-order valence-corrected chi connectivity index (χ2v) is 5.77. The summed E-state index contributed by atoms with van der Waals surface area (Å²) in [4.78, 5) is 13.6. The number of halogens is 2. The van der Waals surface area contributed by atoms with Gasteiger partial charge in [-0.05, 0) is 29.8 Å². The molecular weight excluding hydrogens is 325 g/mol. The van der Waals surface area contributed by atoms with Crippen molar-refractivity contribution in [3.63, 3.8) is 0 Å². The molecule has 2 heterocycles. The minimum absolute atomic E-state index is 0.218. The topological polar surface area (TPSA) is 63.4 Å². The molecule has 112 valence electrons. The Bertz CT molecular complexity index is 855. The second-order valence-electron chi connectivity index (χ2n) is 4.90. The van der Waals surface area contributed by atoms with Crippen LogP contribution < -0.4 is 0 Å². The molecule has 0 radical (unpaired) electrons. The van der Waals surface area contributed by atoms with E-state index >= 15 is 0 Å². The third-order valence-electron chi connectivity index (χ3n) is 3.07. The highest BCUT2D eigenvalue weighted by molar-refractivity contribution is 6.35. The molecule has 3 rings (SSSR count). The van der Waals surface area contributed by atoms with Crippen LogP contribution in [0.2, 0.25) is 10.0 Å². The average molecular weight is 336 g/mol. The maximum absolute atomic E-state index is 12.2. The van der Waals surface area contributed by atoms with E-state index in [9.17, 15) is 4.79 Å². The van der Waals surface area contributed by atoms with E-state index in [4.69, 9.17) is 23.2 Å². The Morgan fingerprint density at radius 1 is 1.14 bits per heavy atom. The van der Waals surface area contributed by atoms with Crippen molar-refractivity contribution in [2.24, 2.45) is 0 Å². The van der Waals surface area contributed by atoms with Crippen molar-refractivity contribution < 1.29 is 4.79 Å². The van der Waals surface area contributed by atoms with Gasteiger partial charge in [0, 0.05) is 29.7 Å². The molecule has 0 atom stereocenters. The smallest absolute Gasteiger partial charge is 0.273 e. The summed E-state index contributed by atoms with van der Waals surface area (Å²) in [5.74, 6) is -0.218. The largest absolute Gasteiger partial charge is 0.343 e. The molecule has 0 saturated heterocycles. The third-order valence-corrected chi connectivity index (χ3v) is 3.50. The van der Waals surface area contributed by atoms with Crippen molar-refractivity contribution in [3.05, 3.63) is 46.3 Å². The maximum atomic E-state index is 12.2. The number of hydrogen-bond donors (Lipinski definition) is 0. The summed E-state index contributed by atoms with van der Waals surface area (Å²) in [6, 6.07) is 6.80. The zero-order valence-electron chi connectivity index (χ0n) is 11.8. The van der Waals surface area contributed by atoms with Crippen molar-refractivity contribution in [2.75, 3.05) is 14.1 Å². The molecule has 0 fully saturated rings. The lowest BCUT2D eigenvalue weighted by molar-refractivity contribution is 0.0820. The standard InChI is InChI=1S/C14H11Cl2N5O/c1-20(2)14(22)12-6-11(13-18-17-7-21(13)19-12)8-3-9(15)5-10(16)4-8/h3-7H,1-2H3. The monoisotopic (exact) mass is 335 g/mol. The fourth-order valence-corrected chi connectivity index (χ4v) is 2.61. The Labute approximate surface area is 136 Å². The van der Waals surface area contributed by atoms with Crippen LogP contribution in [0.1, 0.15) is 10.5 Å². The molecule has 0 aliphatic heterocycles. The van der Waals surface area contributed by atoms with E-state index in [0.717, 1.165) is 5.56 Å². The van der Waals surface area contributed by atoms with Gasteiger partial charge in [0.2, 0.25) is 0 Å². The lowest BCUT2D eigenvalue weighted by Crippen LogP contribution is -2.23. The third kappa shape index (κ3) is 2.63. The molecule has 0 saturated carbocycles. The summed E-state index contributed by atoms with van der Waals surface area (Å²) in [7, 11) is 3.33. The highest BCUT2D eigenvalue weighted by Gasteiger charge is 2.16. The van der Waals surface area contributed by atoms with Gasteiger partial charge in [-0.3, -0.25) is 4.79 Å². The Hall–Kier alpha value is -2.18. The van der Waals surface area contributed by atoms with Gasteiger partial charge in [0.1, 0.15) is 12.0 Å². The van der Waals surface area contributed by atoms with Crippen molar-refractivity contribution >= 4 is 34.8 Å². The fraction of sp³-hybridized carbons (Fsp3) is 0.143. The molecule has 8 heteroatoms. The van der Waals surface area contributed by atoms with Gasteiger partial charge in [0.05, 0.1) is 0 Å². The van der Waals surface area contributed by atoms with E-state index in [2.05, 4.69) is 15.3 Å². The molecule has 0 bridgehead atoms. The summed E-state index contributed by atoms with van der Waals surface area (Å²) in [5.41, 5.74) is 2.23. The Kier molecular flexibility index (Phi) is 3.72.